The fraction of sp³-hybridized carbons (Fsp3) is 0.588. The van der Waals surface area contributed by atoms with Gasteiger partial charge in [0.2, 0.25) is 6.10 Å². The van der Waals surface area contributed by atoms with Crippen molar-refractivity contribution in [3.63, 3.8) is 0 Å². The fourth-order valence-electron chi connectivity index (χ4n) is 4.39. The molecule has 2 N–H and O–H groups in total. The van der Waals surface area contributed by atoms with Gasteiger partial charge in [0, 0.05) is 32.4 Å². The summed E-state index contributed by atoms with van der Waals surface area (Å²) in [5, 5.41) is 10.1. The largest absolute Gasteiger partial charge is 0.423 e. The fourth-order valence-corrected chi connectivity index (χ4v) is 4.39. The first-order chi connectivity index (χ1) is 12.8. The van der Waals surface area contributed by atoms with E-state index in [1.165, 1.54) is 6.33 Å². The minimum atomic E-state index is -4.92. The number of aromatic nitrogens is 3. The molecule has 1 saturated heterocycles. The molecule has 27 heavy (non-hydrogen) atoms. The molecule has 4 rings (SSSR count). The Balaban J connectivity index is 1.43. The van der Waals surface area contributed by atoms with E-state index in [2.05, 4.69) is 19.9 Å². The molecular formula is C17H20F3N5O2. The number of aromatic amines is 1. The lowest BCUT2D eigenvalue weighted by Crippen LogP contribution is -2.46. The summed E-state index contributed by atoms with van der Waals surface area (Å²) in [5.41, 5.74) is 0.753. The molecule has 2 aliphatic rings. The van der Waals surface area contributed by atoms with Crippen LogP contribution in [0.3, 0.4) is 0 Å². The first kappa shape index (κ1) is 18.0. The topological polar surface area (TPSA) is 85.4 Å². The van der Waals surface area contributed by atoms with Gasteiger partial charge in [-0.05, 0) is 30.7 Å². The summed E-state index contributed by atoms with van der Waals surface area (Å²) in [5.74, 6) is -0.172. The van der Waals surface area contributed by atoms with Crippen molar-refractivity contribution in [1.82, 2.24) is 19.9 Å². The number of rotatable bonds is 3. The summed E-state index contributed by atoms with van der Waals surface area (Å²) in [4.78, 5) is 26.8. The predicted octanol–water partition coefficient (Wildman–Crippen LogP) is 1.55. The Bertz CT molecular complexity index is 840. The Morgan fingerprint density at radius 2 is 2.00 bits per heavy atom. The van der Waals surface area contributed by atoms with Crippen molar-refractivity contribution in [1.29, 1.82) is 0 Å². The molecule has 1 unspecified atom stereocenters. The Kier molecular flexibility index (Phi) is 4.25. The maximum atomic E-state index is 12.6. The SMILES string of the molecule is CN(c1ncnc2[nH]ccc12)[C@@H]1CC2CN(C(=O)[C@H](O)C(F)(F)F)C[C@H]2C1. The predicted molar refractivity (Wildman–Crippen MR) is 90.9 cm³/mol. The van der Waals surface area contributed by atoms with E-state index in [-0.39, 0.29) is 31.0 Å². The van der Waals surface area contributed by atoms with Crippen molar-refractivity contribution in [2.24, 2.45) is 11.8 Å². The number of carbonyl (C=O) groups is 1. The number of aliphatic hydroxyl groups excluding tert-OH is 1. The highest BCUT2D eigenvalue weighted by atomic mass is 19.4. The minimum Gasteiger partial charge on any atom is -0.376 e. The normalized spacial score (nSPS) is 26.4. The quantitative estimate of drug-likeness (QED) is 0.840. The molecule has 1 aliphatic heterocycles. The van der Waals surface area contributed by atoms with Crippen LogP contribution in [0.1, 0.15) is 12.8 Å². The molecule has 0 bridgehead atoms. The van der Waals surface area contributed by atoms with Crippen LogP contribution in [0.5, 0.6) is 0 Å². The third-order valence-electron chi connectivity index (χ3n) is 5.80. The minimum absolute atomic E-state index is 0.130. The van der Waals surface area contributed by atoms with Crippen molar-refractivity contribution in [3.05, 3.63) is 18.6 Å². The molecule has 0 radical (unpaired) electrons. The van der Waals surface area contributed by atoms with Gasteiger partial charge >= 0.3 is 6.18 Å². The van der Waals surface area contributed by atoms with E-state index >= 15 is 0 Å². The van der Waals surface area contributed by atoms with Gasteiger partial charge in [0.15, 0.2) is 0 Å². The number of aliphatic hydroxyl groups is 1. The Hall–Kier alpha value is -2.36. The van der Waals surface area contributed by atoms with Crippen molar-refractivity contribution in [2.75, 3.05) is 25.0 Å². The second kappa shape index (κ2) is 6.36. The van der Waals surface area contributed by atoms with E-state index < -0.39 is 18.2 Å². The smallest absolute Gasteiger partial charge is 0.376 e. The van der Waals surface area contributed by atoms with Gasteiger partial charge in [0.1, 0.15) is 17.8 Å². The number of nitrogens with one attached hydrogen (secondary N) is 1. The summed E-state index contributed by atoms with van der Waals surface area (Å²) in [7, 11) is 1.96. The summed E-state index contributed by atoms with van der Waals surface area (Å²) in [6.45, 7) is 0.509. The highest BCUT2D eigenvalue weighted by molar-refractivity contribution is 5.87. The molecule has 1 aliphatic carbocycles. The maximum Gasteiger partial charge on any atom is 0.423 e. The van der Waals surface area contributed by atoms with Crippen LogP contribution in [-0.4, -0.2) is 69.3 Å². The standard InChI is InChI=1S/C17H20F3N5O2/c1-24(15-12-2-3-21-14(12)22-8-23-15)11-4-9-6-25(7-10(9)5-11)16(27)13(26)17(18,19)20/h2-3,8-11,13,26H,4-7H2,1H3,(H,21,22,23)/t9-,10?,11+,13+/m1/s1. The average molecular weight is 383 g/mol. The Labute approximate surface area is 153 Å². The van der Waals surface area contributed by atoms with Crippen LogP contribution >= 0.6 is 0 Å². The molecule has 0 aromatic carbocycles. The number of fused-ring (bicyclic) bond motifs is 2. The van der Waals surface area contributed by atoms with Crippen LogP contribution in [0.2, 0.25) is 0 Å². The molecule has 3 heterocycles. The number of hydrogen-bond acceptors (Lipinski definition) is 5. The number of likely N-dealkylation sites (tertiary alicyclic amines) is 1. The average Bonchev–Trinajstić information content (AvgIpc) is 3.32. The molecule has 7 nitrogen and oxygen atoms in total. The second-order valence-electron chi connectivity index (χ2n) is 7.38. The summed E-state index contributed by atoms with van der Waals surface area (Å²) < 4.78 is 37.7. The van der Waals surface area contributed by atoms with Gasteiger partial charge in [-0.2, -0.15) is 13.2 Å². The number of H-pyrrole nitrogens is 1. The summed E-state index contributed by atoms with van der Waals surface area (Å²) in [6.07, 6.45) is -3.02. The number of carbonyl (C=O) groups excluding carboxylic acids is 1. The van der Waals surface area contributed by atoms with Crippen molar-refractivity contribution < 1.29 is 23.1 Å². The monoisotopic (exact) mass is 383 g/mol. The summed E-state index contributed by atoms with van der Waals surface area (Å²) in [6, 6.07) is 2.10. The number of anilines is 1. The van der Waals surface area contributed by atoms with Gasteiger partial charge < -0.3 is 19.9 Å². The number of halogens is 3. The highest BCUT2D eigenvalue weighted by Gasteiger charge is 2.50. The third-order valence-corrected chi connectivity index (χ3v) is 5.80. The van der Waals surface area contributed by atoms with E-state index in [1.807, 2.05) is 13.1 Å². The van der Waals surface area contributed by atoms with E-state index in [0.717, 1.165) is 34.6 Å². The van der Waals surface area contributed by atoms with E-state index in [4.69, 9.17) is 0 Å². The Morgan fingerprint density at radius 3 is 2.63 bits per heavy atom. The summed E-state index contributed by atoms with van der Waals surface area (Å²) >= 11 is 0. The van der Waals surface area contributed by atoms with Gasteiger partial charge in [-0.15, -0.1) is 0 Å². The van der Waals surface area contributed by atoms with Crippen LogP contribution in [0.4, 0.5) is 19.0 Å². The lowest BCUT2D eigenvalue weighted by atomic mass is 10.0. The second-order valence-corrected chi connectivity index (χ2v) is 7.38. The van der Waals surface area contributed by atoms with Crippen LogP contribution in [-0.2, 0) is 4.79 Å². The first-order valence-electron chi connectivity index (χ1n) is 8.80. The van der Waals surface area contributed by atoms with E-state index in [1.54, 1.807) is 6.20 Å². The molecular weight excluding hydrogens is 363 g/mol. The molecule has 0 spiro atoms. The van der Waals surface area contributed by atoms with Gasteiger partial charge in [-0.1, -0.05) is 0 Å². The first-order valence-corrected chi connectivity index (χ1v) is 8.80. The van der Waals surface area contributed by atoms with E-state index in [0.29, 0.717) is 0 Å². The van der Waals surface area contributed by atoms with Gasteiger partial charge in [-0.25, -0.2) is 9.97 Å². The van der Waals surface area contributed by atoms with E-state index in [9.17, 15) is 23.1 Å². The van der Waals surface area contributed by atoms with Crippen LogP contribution in [0.25, 0.3) is 11.0 Å². The Morgan fingerprint density at radius 1 is 1.33 bits per heavy atom. The maximum absolute atomic E-state index is 12.6. The van der Waals surface area contributed by atoms with Crippen LogP contribution < -0.4 is 4.90 Å². The number of alkyl halides is 3. The zero-order valence-electron chi connectivity index (χ0n) is 14.6. The molecule has 1 saturated carbocycles. The van der Waals surface area contributed by atoms with Crippen molar-refractivity contribution in [3.8, 4) is 0 Å². The van der Waals surface area contributed by atoms with Gasteiger partial charge in [0.05, 0.1) is 5.39 Å². The van der Waals surface area contributed by atoms with Gasteiger partial charge in [-0.3, -0.25) is 4.79 Å². The zero-order valence-corrected chi connectivity index (χ0v) is 14.6. The molecule has 146 valence electrons. The third kappa shape index (κ3) is 3.11. The van der Waals surface area contributed by atoms with Crippen molar-refractivity contribution in [2.45, 2.75) is 31.2 Å². The molecule has 2 fully saturated rings. The number of hydrogen-bond donors (Lipinski definition) is 2. The van der Waals surface area contributed by atoms with Crippen LogP contribution in [0, 0.1) is 11.8 Å². The lowest BCUT2D eigenvalue weighted by molar-refractivity contribution is -0.210. The van der Waals surface area contributed by atoms with Crippen LogP contribution in [0.15, 0.2) is 18.6 Å². The molecule has 10 heteroatoms. The van der Waals surface area contributed by atoms with Gasteiger partial charge in [0.25, 0.3) is 5.91 Å². The molecule has 2 aromatic rings. The number of amides is 1. The number of nitrogens with zero attached hydrogens (tertiary/aromatic N) is 4. The molecule has 2 aromatic heterocycles. The molecule has 4 atom stereocenters. The van der Waals surface area contributed by atoms with Crippen molar-refractivity contribution >= 4 is 22.8 Å². The molecule has 1 amide bonds. The zero-order chi connectivity index (χ0) is 19.3. The highest BCUT2D eigenvalue weighted by Crippen LogP contribution is 2.42. The lowest BCUT2D eigenvalue weighted by Gasteiger charge is -2.28.